The molecular formula is C62H59Cl4FN4O15S2. The maximum absolute atomic E-state index is 16.9. The molecule has 8 atom stereocenters. The second-order valence-corrected chi connectivity index (χ2v) is 26.7. The molecule has 0 unspecified atom stereocenters. The van der Waals surface area contributed by atoms with Crippen molar-refractivity contribution in [3.8, 4) is 34.0 Å². The molecule has 4 aromatic carbocycles. The Hall–Kier alpha value is -5.57. The molecule has 14 rings (SSSR count). The van der Waals surface area contributed by atoms with E-state index in [9.17, 15) is 14.7 Å². The van der Waals surface area contributed by atoms with Crippen molar-refractivity contribution in [1.82, 2.24) is 20.3 Å². The van der Waals surface area contributed by atoms with E-state index in [1.165, 1.54) is 25.6 Å². The van der Waals surface area contributed by atoms with E-state index < -0.39 is 59.8 Å². The first-order chi connectivity index (χ1) is 42.3. The summed E-state index contributed by atoms with van der Waals surface area (Å²) in [4.78, 5) is 34.0. The number of esters is 2. The van der Waals surface area contributed by atoms with Crippen LogP contribution in [0.15, 0.2) is 69.7 Å². The van der Waals surface area contributed by atoms with Gasteiger partial charge >= 0.3 is 11.9 Å². The maximum Gasteiger partial charge on any atom is 0.338 e. The van der Waals surface area contributed by atoms with Gasteiger partial charge in [0.2, 0.25) is 5.67 Å². The Bertz CT molecular complexity index is 3690. The first kappa shape index (κ1) is 61.3. The third-order valence-electron chi connectivity index (χ3n) is 16.1. The van der Waals surface area contributed by atoms with Crippen LogP contribution in [0.25, 0.3) is 42.9 Å². The lowest BCUT2D eigenvalue weighted by Gasteiger charge is -2.24. The fourth-order valence-corrected chi connectivity index (χ4v) is 15.0. The van der Waals surface area contributed by atoms with Gasteiger partial charge in [-0.1, -0.05) is 68.8 Å². The van der Waals surface area contributed by atoms with Crippen LogP contribution in [0.3, 0.4) is 0 Å². The van der Waals surface area contributed by atoms with Crippen molar-refractivity contribution in [3.63, 3.8) is 0 Å². The molecule has 0 radical (unpaired) electrons. The number of aromatic nitrogens is 4. The lowest BCUT2D eigenvalue weighted by molar-refractivity contribution is -0.0807. The fourth-order valence-electron chi connectivity index (χ4n) is 11.6. The Balaban J connectivity index is 0.000000162. The first-order valence-corrected chi connectivity index (χ1v) is 31.9. The molecular weight excluding hydrogens is 1270 g/mol. The molecule has 19 nitrogen and oxygen atoms in total. The topological polar surface area (TPSA) is 225 Å². The van der Waals surface area contributed by atoms with Crippen molar-refractivity contribution in [2.75, 3.05) is 40.6 Å². The van der Waals surface area contributed by atoms with Gasteiger partial charge < -0.3 is 61.5 Å². The predicted octanol–water partition coefficient (Wildman–Crippen LogP) is 13.5. The minimum Gasteiger partial charge on any atom is -0.489 e. The zero-order valence-corrected chi connectivity index (χ0v) is 52.9. The summed E-state index contributed by atoms with van der Waals surface area (Å²) in [5.74, 6) is 1.86. The molecule has 26 heteroatoms. The van der Waals surface area contributed by atoms with Crippen molar-refractivity contribution < 1.29 is 75.5 Å². The monoisotopic (exact) mass is 1320 g/mol. The third kappa shape index (κ3) is 11.5. The molecule has 88 heavy (non-hydrogen) atoms. The van der Waals surface area contributed by atoms with E-state index in [-0.39, 0.29) is 68.7 Å². The van der Waals surface area contributed by atoms with Crippen LogP contribution in [-0.4, -0.2) is 127 Å². The lowest BCUT2D eigenvalue weighted by Crippen LogP contribution is -2.41. The number of halogens is 5. The van der Waals surface area contributed by atoms with Gasteiger partial charge in [0.15, 0.2) is 5.60 Å². The molecule has 4 aliphatic heterocycles. The molecule has 8 heterocycles. The number of carbonyl (C=O) groups excluding carboxylic acids is 2. The van der Waals surface area contributed by atoms with E-state index in [0.717, 1.165) is 59.7 Å². The predicted molar refractivity (Wildman–Crippen MR) is 324 cm³/mol. The van der Waals surface area contributed by atoms with E-state index in [1.54, 1.807) is 60.7 Å². The summed E-state index contributed by atoms with van der Waals surface area (Å²) in [5, 5.41) is 23.0. The highest BCUT2D eigenvalue weighted by Gasteiger charge is 2.61. The highest BCUT2D eigenvalue weighted by molar-refractivity contribution is 7.19. The van der Waals surface area contributed by atoms with Gasteiger partial charge in [-0.3, -0.25) is 0 Å². The van der Waals surface area contributed by atoms with Crippen LogP contribution in [0.4, 0.5) is 4.39 Å². The minimum atomic E-state index is -2.03. The molecule has 4 aromatic heterocycles. The Labute approximate surface area is 531 Å². The van der Waals surface area contributed by atoms with Gasteiger partial charge in [0, 0.05) is 34.1 Å². The highest BCUT2D eigenvalue weighted by Crippen LogP contribution is 2.52. The van der Waals surface area contributed by atoms with E-state index in [0.29, 0.717) is 90.7 Å². The van der Waals surface area contributed by atoms with Crippen LogP contribution in [0.1, 0.15) is 119 Å². The van der Waals surface area contributed by atoms with Gasteiger partial charge in [0.05, 0.1) is 107 Å². The second-order valence-electron chi connectivity index (χ2n) is 23.0. The van der Waals surface area contributed by atoms with Gasteiger partial charge in [0.1, 0.15) is 92.1 Å². The number of nitrogens with zero attached hydrogens (tertiary/aromatic N) is 4. The summed E-state index contributed by atoms with van der Waals surface area (Å²) < 4.78 is 88.3. The summed E-state index contributed by atoms with van der Waals surface area (Å²) in [6.07, 6.45) is -0.207. The van der Waals surface area contributed by atoms with E-state index >= 15 is 4.39 Å². The zero-order valence-electron chi connectivity index (χ0n) is 48.3. The number of fused-ring (bicyclic) bond motifs is 4. The Morgan fingerprint density at radius 3 is 1.52 bits per heavy atom. The van der Waals surface area contributed by atoms with Crippen molar-refractivity contribution in [1.29, 1.82) is 0 Å². The Morgan fingerprint density at radius 1 is 0.636 bits per heavy atom. The van der Waals surface area contributed by atoms with Crippen LogP contribution in [-0.2, 0) is 62.4 Å². The van der Waals surface area contributed by atoms with Crippen LogP contribution in [0.2, 0.25) is 20.1 Å². The molecule has 1 N–H and O–H groups in total. The number of alkyl halides is 1. The Kier molecular flexibility index (Phi) is 17.1. The average molecular weight is 1330 g/mol. The normalized spacial score (nSPS) is 24.8. The van der Waals surface area contributed by atoms with Crippen LogP contribution >= 0.6 is 69.1 Å². The first-order valence-electron chi connectivity index (χ1n) is 28.7. The number of methoxy groups -OCH3 is 2. The van der Waals surface area contributed by atoms with Gasteiger partial charge in [-0.25, -0.2) is 23.9 Å². The third-order valence-corrected chi connectivity index (χ3v) is 19.7. The van der Waals surface area contributed by atoms with Crippen molar-refractivity contribution in [3.05, 3.63) is 125 Å². The quantitative estimate of drug-likeness (QED) is 0.0788. The van der Waals surface area contributed by atoms with Gasteiger partial charge in [-0.2, -0.15) is 0 Å². The van der Waals surface area contributed by atoms with E-state index in [2.05, 4.69) is 15.3 Å². The van der Waals surface area contributed by atoms with Crippen LogP contribution in [0, 0.1) is 0 Å². The van der Waals surface area contributed by atoms with Crippen LogP contribution in [0.5, 0.6) is 11.5 Å². The SMILES string of the molecule is COC(=O)c1cc(OC(C)C)c2nc([C@@]3(O)CO[C@@H]4[C@H](OCc5c(-c6c(Cl)cccc6Cl)noc5C5CC5)CO[C@@H]43)sc2c1.COC(=O)c1cc(OC(C)C)c2nc([C@]3(F)CO[C@@H]4[C@H](OCc5c(-c6c(Cl)cccc6Cl)noc5C5CC5)CO[C@@H]43)sc2c1. The Morgan fingerprint density at radius 2 is 1.07 bits per heavy atom. The van der Waals surface area contributed by atoms with E-state index in [4.69, 9.17) is 108 Å². The molecule has 464 valence electrons. The smallest absolute Gasteiger partial charge is 0.338 e. The van der Waals surface area contributed by atoms with E-state index in [1.807, 2.05) is 27.7 Å². The summed E-state index contributed by atoms with van der Waals surface area (Å²) >= 11 is 28.4. The molecule has 4 saturated heterocycles. The zero-order chi connectivity index (χ0) is 61.5. The fraction of sp³-hybridized carbons (Fsp3) is 0.452. The number of ether oxygens (including phenoxy) is 10. The summed E-state index contributed by atoms with van der Waals surface area (Å²) in [6, 6.07) is 17.1. The van der Waals surface area contributed by atoms with Crippen molar-refractivity contribution >= 4 is 101 Å². The van der Waals surface area contributed by atoms with Gasteiger partial charge in [-0.05, 0) is 102 Å². The minimum absolute atomic E-state index is 0.0344. The molecule has 6 fully saturated rings. The number of hydrogen-bond donors (Lipinski definition) is 1. The molecule has 0 spiro atoms. The lowest BCUT2D eigenvalue weighted by atomic mass is 9.96. The molecule has 0 bridgehead atoms. The number of rotatable bonds is 18. The number of hydrogen-bond acceptors (Lipinski definition) is 21. The van der Waals surface area contributed by atoms with Gasteiger partial charge in [-0.15, -0.1) is 22.7 Å². The molecule has 6 aliphatic rings. The number of thiazole rings is 2. The number of carbonyl (C=O) groups is 2. The van der Waals surface area contributed by atoms with Crippen molar-refractivity contribution in [2.45, 2.75) is 139 Å². The summed E-state index contributed by atoms with van der Waals surface area (Å²) in [7, 11) is 2.63. The second kappa shape index (κ2) is 24.6. The molecule has 0 amide bonds. The number of aliphatic hydroxyl groups is 1. The van der Waals surface area contributed by atoms with Gasteiger partial charge in [0.25, 0.3) is 0 Å². The largest absolute Gasteiger partial charge is 0.489 e. The summed E-state index contributed by atoms with van der Waals surface area (Å²) in [5.41, 5.74) is 1.91. The summed E-state index contributed by atoms with van der Waals surface area (Å²) in [6.45, 7) is 7.87. The molecule has 8 aromatic rings. The average Bonchev–Trinajstić information content (AvgIpc) is 2.02. The molecule has 2 saturated carbocycles. The standard InChI is InChI=1S/C31H29Cl2FN2O7S.C31H30Cl2N2O8S/c1-14(2)42-20-9-16(29(37)38-3)10-22-25(20)35-30(44-22)31(34)13-41-27-21(12-40-28(27)31)39-11-17-24(36-43-26(17)15-7-8-15)23-18(32)5-4-6-19(23)33;1-14(2)42-20-9-16(29(36)38-3)10-22-25(20)34-30(44-22)31(37)13-41-27-21(12-40-28(27)31)39-11-17-24(35-43-26(17)15-7-8-15)23-18(32)5-4-6-19(23)33/h4-6,9-10,14-15,21,27-28H,7-8,11-13H2,1-3H3;4-6,9-10,14-15,21,27-28,37H,7-8,11-13H2,1-3H3/t21-,27-,28+,31+;21-,27-,28+,31-/m11/s1. The maximum atomic E-state index is 16.9. The molecule has 2 aliphatic carbocycles. The highest BCUT2D eigenvalue weighted by atomic mass is 35.5. The van der Waals surface area contributed by atoms with Crippen LogP contribution < -0.4 is 9.47 Å². The van der Waals surface area contributed by atoms with Crippen molar-refractivity contribution in [2.24, 2.45) is 0 Å². The number of benzene rings is 4.